The highest BCUT2D eigenvalue weighted by Gasteiger charge is 2.17. The summed E-state index contributed by atoms with van der Waals surface area (Å²) in [5, 5.41) is 8.58. The molecule has 0 radical (unpaired) electrons. The zero-order chi connectivity index (χ0) is 14.5. The van der Waals surface area contributed by atoms with E-state index in [0.717, 1.165) is 0 Å². The molecule has 1 atom stereocenters. The van der Waals surface area contributed by atoms with Gasteiger partial charge in [0.1, 0.15) is 5.82 Å². The highest BCUT2D eigenvalue weighted by atomic mass is 32.2. The van der Waals surface area contributed by atoms with Crippen molar-refractivity contribution in [3.8, 4) is 0 Å². The van der Waals surface area contributed by atoms with Crippen LogP contribution in [0.2, 0.25) is 0 Å². The van der Waals surface area contributed by atoms with Crippen LogP contribution in [0, 0.1) is 5.92 Å². The summed E-state index contributed by atoms with van der Waals surface area (Å²) in [4.78, 5) is 17.1. The summed E-state index contributed by atoms with van der Waals surface area (Å²) in [7, 11) is -3.60. The van der Waals surface area contributed by atoms with Crippen LogP contribution < -0.4 is 4.72 Å². The molecule has 0 spiro atoms. The minimum absolute atomic E-state index is 0.0347. The number of hydrogen-bond donors (Lipinski definition) is 3. The average molecular weight is 289 g/mol. The van der Waals surface area contributed by atoms with Gasteiger partial charge in [-0.05, 0) is 12.3 Å². The lowest BCUT2D eigenvalue weighted by Gasteiger charge is -2.10. The summed E-state index contributed by atoms with van der Waals surface area (Å²) in [5.41, 5.74) is 0. The van der Waals surface area contributed by atoms with Crippen molar-refractivity contribution in [2.24, 2.45) is 5.92 Å². The minimum atomic E-state index is -3.60. The molecule has 0 amide bonds. The molecule has 0 fully saturated rings. The van der Waals surface area contributed by atoms with E-state index in [0.29, 0.717) is 18.7 Å². The first-order valence-electron chi connectivity index (χ1n) is 6.10. The van der Waals surface area contributed by atoms with E-state index in [2.05, 4.69) is 14.7 Å². The van der Waals surface area contributed by atoms with Crippen molar-refractivity contribution in [2.45, 2.75) is 38.1 Å². The standard InChI is InChI=1S/C11H19N3O4S/c1-3-9-12-7-10(14-9)19(17,18)13-6-8(2)4-5-11(15)16/h7-8,13H,3-6H2,1-2H3,(H,12,14)(H,15,16). The molecule has 3 N–H and O–H groups in total. The van der Waals surface area contributed by atoms with Crippen molar-refractivity contribution >= 4 is 16.0 Å². The third kappa shape index (κ3) is 4.99. The predicted octanol–water partition coefficient (Wildman–Crippen LogP) is 0.751. The predicted molar refractivity (Wildman–Crippen MR) is 69.2 cm³/mol. The third-order valence-electron chi connectivity index (χ3n) is 2.70. The van der Waals surface area contributed by atoms with Crippen LogP contribution in [0.4, 0.5) is 0 Å². The van der Waals surface area contributed by atoms with Gasteiger partial charge < -0.3 is 10.1 Å². The number of nitrogens with one attached hydrogen (secondary N) is 2. The minimum Gasteiger partial charge on any atom is -0.481 e. The lowest BCUT2D eigenvalue weighted by molar-refractivity contribution is -0.137. The van der Waals surface area contributed by atoms with Crippen molar-refractivity contribution in [1.82, 2.24) is 14.7 Å². The molecule has 0 aliphatic heterocycles. The molecule has 0 aliphatic rings. The molecule has 7 nitrogen and oxygen atoms in total. The van der Waals surface area contributed by atoms with E-state index >= 15 is 0 Å². The molecule has 0 aliphatic carbocycles. The van der Waals surface area contributed by atoms with Crippen LogP contribution in [0.1, 0.15) is 32.5 Å². The fourth-order valence-electron chi connectivity index (χ4n) is 1.46. The number of carboxylic acid groups (broad SMARTS) is 1. The molecule has 1 unspecified atom stereocenters. The van der Waals surface area contributed by atoms with Gasteiger partial charge in [0.15, 0.2) is 5.03 Å². The first kappa shape index (κ1) is 15.6. The number of aryl methyl sites for hydroxylation is 1. The van der Waals surface area contributed by atoms with Crippen LogP contribution in [0.5, 0.6) is 0 Å². The summed E-state index contributed by atoms with van der Waals surface area (Å²) >= 11 is 0. The highest BCUT2D eigenvalue weighted by Crippen LogP contribution is 2.09. The number of aromatic amines is 1. The van der Waals surface area contributed by atoms with Crippen molar-refractivity contribution in [1.29, 1.82) is 0 Å². The Morgan fingerprint density at radius 3 is 2.79 bits per heavy atom. The second-order valence-corrected chi connectivity index (χ2v) is 6.17. The number of sulfonamides is 1. The second kappa shape index (κ2) is 6.67. The zero-order valence-electron chi connectivity index (χ0n) is 11.0. The van der Waals surface area contributed by atoms with Crippen molar-refractivity contribution in [2.75, 3.05) is 6.54 Å². The highest BCUT2D eigenvalue weighted by molar-refractivity contribution is 7.89. The lowest BCUT2D eigenvalue weighted by Crippen LogP contribution is -2.29. The Hall–Kier alpha value is -1.41. The number of rotatable bonds is 8. The molecular weight excluding hydrogens is 270 g/mol. The Bertz CT molecular complexity index is 524. The Balaban J connectivity index is 2.53. The third-order valence-corrected chi connectivity index (χ3v) is 4.04. The molecule has 1 aromatic heterocycles. The molecule has 1 rings (SSSR count). The number of aliphatic carboxylic acids is 1. The van der Waals surface area contributed by atoms with E-state index in [4.69, 9.17) is 5.11 Å². The summed E-state index contributed by atoms with van der Waals surface area (Å²) in [6.07, 6.45) is 2.38. The van der Waals surface area contributed by atoms with Crippen LogP contribution in [-0.2, 0) is 21.2 Å². The van der Waals surface area contributed by atoms with Gasteiger partial charge in [-0.2, -0.15) is 0 Å². The van der Waals surface area contributed by atoms with Gasteiger partial charge in [-0.15, -0.1) is 0 Å². The first-order valence-corrected chi connectivity index (χ1v) is 7.58. The van der Waals surface area contributed by atoms with E-state index in [-0.39, 0.29) is 23.9 Å². The maximum absolute atomic E-state index is 11.9. The van der Waals surface area contributed by atoms with Gasteiger partial charge in [0, 0.05) is 19.4 Å². The normalized spacial score (nSPS) is 13.4. The Morgan fingerprint density at radius 1 is 1.58 bits per heavy atom. The summed E-state index contributed by atoms with van der Waals surface area (Å²) in [5.74, 6) is -0.311. The van der Waals surface area contributed by atoms with Crippen LogP contribution in [-0.4, -0.2) is 36.0 Å². The van der Waals surface area contributed by atoms with E-state index in [1.807, 2.05) is 6.92 Å². The number of carbonyl (C=O) groups is 1. The molecular formula is C11H19N3O4S. The first-order chi connectivity index (χ1) is 8.85. The molecule has 0 aromatic carbocycles. The molecule has 8 heteroatoms. The van der Waals surface area contributed by atoms with Crippen molar-refractivity contribution in [3.05, 3.63) is 12.0 Å². The quantitative estimate of drug-likeness (QED) is 0.653. The Kier molecular flexibility index (Phi) is 5.49. The Labute approximate surface area is 112 Å². The molecule has 0 bridgehead atoms. The lowest BCUT2D eigenvalue weighted by atomic mass is 10.1. The summed E-state index contributed by atoms with van der Waals surface area (Å²) < 4.78 is 26.3. The molecule has 1 aromatic rings. The van der Waals surface area contributed by atoms with E-state index in [9.17, 15) is 13.2 Å². The van der Waals surface area contributed by atoms with E-state index in [1.165, 1.54) is 6.20 Å². The van der Waals surface area contributed by atoms with Gasteiger partial charge in [0.2, 0.25) is 0 Å². The monoisotopic (exact) mass is 289 g/mol. The SMILES string of the molecule is CCc1ncc(S(=O)(=O)NCC(C)CCC(=O)O)[nH]1. The topological polar surface area (TPSA) is 112 Å². The van der Waals surface area contributed by atoms with Gasteiger partial charge in [0.25, 0.3) is 10.0 Å². The largest absolute Gasteiger partial charge is 0.481 e. The number of hydrogen-bond acceptors (Lipinski definition) is 4. The number of carboxylic acids is 1. The van der Waals surface area contributed by atoms with E-state index < -0.39 is 16.0 Å². The van der Waals surface area contributed by atoms with Gasteiger partial charge in [-0.1, -0.05) is 13.8 Å². The van der Waals surface area contributed by atoms with Gasteiger partial charge in [0.05, 0.1) is 6.20 Å². The maximum Gasteiger partial charge on any atom is 0.303 e. The van der Waals surface area contributed by atoms with Crippen LogP contribution >= 0.6 is 0 Å². The maximum atomic E-state index is 11.9. The molecule has 108 valence electrons. The average Bonchev–Trinajstić information content (AvgIpc) is 2.83. The fourth-order valence-corrected chi connectivity index (χ4v) is 2.56. The van der Waals surface area contributed by atoms with E-state index in [1.54, 1.807) is 6.92 Å². The number of imidazole rings is 1. The molecule has 1 heterocycles. The summed E-state index contributed by atoms with van der Waals surface area (Å²) in [6, 6.07) is 0. The Morgan fingerprint density at radius 2 is 2.26 bits per heavy atom. The second-order valence-electron chi connectivity index (χ2n) is 4.44. The fraction of sp³-hybridized carbons (Fsp3) is 0.636. The van der Waals surface area contributed by atoms with Gasteiger partial charge in [-0.3, -0.25) is 4.79 Å². The van der Waals surface area contributed by atoms with Crippen LogP contribution in [0.15, 0.2) is 11.2 Å². The number of aromatic nitrogens is 2. The van der Waals surface area contributed by atoms with Gasteiger partial charge >= 0.3 is 5.97 Å². The number of nitrogens with zero attached hydrogens (tertiary/aromatic N) is 1. The van der Waals surface area contributed by atoms with Crippen molar-refractivity contribution < 1.29 is 18.3 Å². The molecule has 19 heavy (non-hydrogen) atoms. The van der Waals surface area contributed by atoms with Crippen LogP contribution in [0.3, 0.4) is 0 Å². The van der Waals surface area contributed by atoms with Crippen LogP contribution in [0.25, 0.3) is 0 Å². The van der Waals surface area contributed by atoms with Gasteiger partial charge in [-0.25, -0.2) is 18.1 Å². The summed E-state index contributed by atoms with van der Waals surface area (Å²) in [6.45, 7) is 3.88. The zero-order valence-corrected chi connectivity index (χ0v) is 11.8. The molecule has 0 saturated carbocycles. The smallest absolute Gasteiger partial charge is 0.303 e. The number of H-pyrrole nitrogens is 1. The molecule has 0 saturated heterocycles. The van der Waals surface area contributed by atoms with Crippen molar-refractivity contribution in [3.63, 3.8) is 0 Å².